The monoisotopic (exact) mass is 312 g/mol. The summed E-state index contributed by atoms with van der Waals surface area (Å²) in [7, 11) is 0. The highest BCUT2D eigenvalue weighted by Gasteiger charge is 2.69. The summed E-state index contributed by atoms with van der Waals surface area (Å²) in [4.78, 5) is 11.9. The van der Waals surface area contributed by atoms with Crippen molar-refractivity contribution >= 4 is 0 Å². The summed E-state index contributed by atoms with van der Waals surface area (Å²) in [5, 5.41) is 0. The molecule has 1 saturated carbocycles. The summed E-state index contributed by atoms with van der Waals surface area (Å²) in [5.41, 5.74) is -0.472. The number of ether oxygens (including phenoxy) is 3. The van der Waals surface area contributed by atoms with Crippen LogP contribution in [0.4, 0.5) is 0 Å². The fourth-order valence-electron chi connectivity index (χ4n) is 5.23. The van der Waals surface area contributed by atoms with Crippen LogP contribution in [0.2, 0.25) is 0 Å². The average molecular weight is 312 g/mol. The third-order valence-electron chi connectivity index (χ3n) is 6.43. The maximum absolute atomic E-state index is 6.25. The van der Waals surface area contributed by atoms with Crippen LogP contribution in [0.15, 0.2) is 0 Å². The summed E-state index contributed by atoms with van der Waals surface area (Å²) < 4.78 is 18.3. The third-order valence-corrected chi connectivity index (χ3v) is 6.43. The second-order valence-electron chi connectivity index (χ2n) is 7.73. The van der Waals surface area contributed by atoms with E-state index in [9.17, 15) is 0 Å². The Labute approximate surface area is 132 Å². The molecule has 0 amide bonds. The summed E-state index contributed by atoms with van der Waals surface area (Å²) in [5.74, 6) is 0.957. The molecule has 0 aromatic carbocycles. The van der Waals surface area contributed by atoms with Gasteiger partial charge in [0.1, 0.15) is 0 Å². The van der Waals surface area contributed by atoms with Crippen LogP contribution >= 0.6 is 0 Å². The molecule has 22 heavy (non-hydrogen) atoms. The van der Waals surface area contributed by atoms with Crippen LogP contribution in [0.25, 0.3) is 0 Å². The minimum absolute atomic E-state index is 0.216. The van der Waals surface area contributed by atoms with Crippen LogP contribution in [-0.2, 0) is 24.0 Å². The lowest BCUT2D eigenvalue weighted by Gasteiger charge is -2.60. The first-order valence-corrected chi connectivity index (χ1v) is 8.82. The van der Waals surface area contributed by atoms with Gasteiger partial charge in [-0.05, 0) is 44.9 Å². The van der Waals surface area contributed by atoms with Gasteiger partial charge in [-0.2, -0.15) is 0 Å². The van der Waals surface area contributed by atoms with Crippen LogP contribution in [0, 0.1) is 23.7 Å². The Morgan fingerprint density at radius 2 is 1.91 bits per heavy atom. The molecule has 4 aliphatic heterocycles. The van der Waals surface area contributed by atoms with Gasteiger partial charge in [-0.25, -0.2) is 9.78 Å². The van der Waals surface area contributed by atoms with Crippen LogP contribution in [-0.4, -0.2) is 30.6 Å². The first kappa shape index (κ1) is 15.3. The molecule has 4 heterocycles. The zero-order chi connectivity index (χ0) is 15.5. The van der Waals surface area contributed by atoms with E-state index >= 15 is 0 Å². The third kappa shape index (κ3) is 1.96. The van der Waals surface area contributed by atoms with Gasteiger partial charge in [0.05, 0.1) is 0 Å². The van der Waals surface area contributed by atoms with Crippen LogP contribution in [0.3, 0.4) is 0 Å². The SMILES string of the molecule is CCO[C@H]1O[C@@H]2O[C@@]3(C)CC[C@@H]4[C@H](C)CC[C@@H]([C@H]1C)[C@@]24OO3. The predicted molar refractivity (Wildman–Crippen MR) is 78.5 cm³/mol. The summed E-state index contributed by atoms with van der Waals surface area (Å²) in [6.45, 7) is 9.15. The highest BCUT2D eigenvalue weighted by molar-refractivity contribution is 5.09. The van der Waals surface area contributed by atoms with Crippen molar-refractivity contribution in [3.05, 3.63) is 0 Å². The van der Waals surface area contributed by atoms with Gasteiger partial charge < -0.3 is 14.2 Å². The molecule has 0 radical (unpaired) electrons. The summed E-state index contributed by atoms with van der Waals surface area (Å²) >= 11 is 0. The molecule has 0 unspecified atom stereocenters. The van der Waals surface area contributed by atoms with Gasteiger partial charge in [0.15, 0.2) is 18.2 Å². The van der Waals surface area contributed by atoms with Gasteiger partial charge in [-0.1, -0.05) is 13.8 Å². The number of fused-ring (bicyclic) bond motifs is 2. The lowest BCUT2D eigenvalue weighted by atomic mass is 9.58. The van der Waals surface area contributed by atoms with Gasteiger partial charge >= 0.3 is 0 Å². The quantitative estimate of drug-likeness (QED) is 0.733. The Morgan fingerprint density at radius 3 is 2.68 bits per heavy atom. The van der Waals surface area contributed by atoms with E-state index in [1.54, 1.807) is 0 Å². The molecule has 5 fully saturated rings. The first-order valence-electron chi connectivity index (χ1n) is 8.82. The normalized spacial score (nSPS) is 57.3. The van der Waals surface area contributed by atoms with E-state index < -0.39 is 11.4 Å². The van der Waals surface area contributed by atoms with Crippen LogP contribution < -0.4 is 0 Å². The van der Waals surface area contributed by atoms with Crippen molar-refractivity contribution in [2.24, 2.45) is 23.7 Å². The van der Waals surface area contributed by atoms with E-state index in [1.807, 2.05) is 13.8 Å². The molecule has 5 nitrogen and oxygen atoms in total. The molecule has 8 atom stereocenters. The van der Waals surface area contributed by atoms with Crippen LogP contribution in [0.1, 0.15) is 53.4 Å². The molecule has 0 N–H and O–H groups in total. The molecular formula is C17H28O5. The second kappa shape index (κ2) is 5.15. The van der Waals surface area contributed by atoms with Gasteiger partial charge in [-0.15, -0.1) is 0 Å². The van der Waals surface area contributed by atoms with Crippen molar-refractivity contribution < 1.29 is 24.0 Å². The van der Waals surface area contributed by atoms with E-state index in [0.29, 0.717) is 24.4 Å². The van der Waals surface area contributed by atoms with Crippen molar-refractivity contribution in [2.45, 2.75) is 77.3 Å². The predicted octanol–water partition coefficient (Wildman–Crippen LogP) is 3.23. The van der Waals surface area contributed by atoms with E-state index in [0.717, 1.165) is 19.3 Å². The molecule has 1 spiro atoms. The van der Waals surface area contributed by atoms with Crippen molar-refractivity contribution in [2.75, 3.05) is 6.61 Å². The van der Waals surface area contributed by atoms with Gasteiger partial charge in [0.2, 0.25) is 5.79 Å². The number of hydrogen-bond donors (Lipinski definition) is 0. The standard InChI is InChI=1S/C17H28O5/c1-5-18-14-11(3)13-7-6-10(2)12-8-9-16(4)20-15(19-14)17(12,13)22-21-16/h10-15H,5-9H2,1-4H3/t10-,11-,12-,13+,14+,15-,16-,17-/m1/s1. The minimum atomic E-state index is -0.700. The maximum atomic E-state index is 6.25. The Balaban J connectivity index is 1.75. The fourth-order valence-corrected chi connectivity index (χ4v) is 5.23. The smallest absolute Gasteiger partial charge is 0.201 e. The Morgan fingerprint density at radius 1 is 1.09 bits per heavy atom. The van der Waals surface area contributed by atoms with E-state index in [4.69, 9.17) is 24.0 Å². The lowest BCUT2D eigenvalue weighted by molar-refractivity contribution is -0.577. The van der Waals surface area contributed by atoms with E-state index in [1.165, 1.54) is 6.42 Å². The number of rotatable bonds is 2. The molecule has 0 aromatic heterocycles. The van der Waals surface area contributed by atoms with Crippen molar-refractivity contribution in [1.82, 2.24) is 0 Å². The summed E-state index contributed by atoms with van der Waals surface area (Å²) in [6.07, 6.45) is 3.66. The largest absolute Gasteiger partial charge is 0.353 e. The highest BCUT2D eigenvalue weighted by Crippen LogP contribution is 2.60. The molecule has 4 saturated heterocycles. The molecular weight excluding hydrogens is 284 g/mol. The molecule has 0 aromatic rings. The Kier molecular flexibility index (Phi) is 3.59. The first-order chi connectivity index (χ1) is 10.5. The van der Waals surface area contributed by atoms with Crippen molar-refractivity contribution in [1.29, 1.82) is 0 Å². The van der Waals surface area contributed by atoms with Crippen molar-refractivity contribution in [3.63, 3.8) is 0 Å². The molecule has 5 aliphatic rings. The zero-order valence-electron chi connectivity index (χ0n) is 14.0. The second-order valence-corrected chi connectivity index (χ2v) is 7.73. The van der Waals surface area contributed by atoms with E-state index in [-0.39, 0.29) is 18.5 Å². The molecule has 5 heteroatoms. The van der Waals surface area contributed by atoms with Crippen LogP contribution in [0.5, 0.6) is 0 Å². The van der Waals surface area contributed by atoms with Crippen molar-refractivity contribution in [3.8, 4) is 0 Å². The summed E-state index contributed by atoms with van der Waals surface area (Å²) in [6, 6.07) is 0. The lowest BCUT2D eigenvalue weighted by Crippen LogP contribution is -2.70. The average Bonchev–Trinajstić information content (AvgIpc) is 2.71. The van der Waals surface area contributed by atoms with Gasteiger partial charge in [0, 0.05) is 24.9 Å². The maximum Gasteiger partial charge on any atom is 0.201 e. The topological polar surface area (TPSA) is 46.2 Å². The zero-order valence-corrected chi connectivity index (χ0v) is 14.0. The molecule has 126 valence electrons. The highest BCUT2D eigenvalue weighted by atomic mass is 17.3. The van der Waals surface area contributed by atoms with Gasteiger partial charge in [-0.3, -0.25) is 0 Å². The van der Waals surface area contributed by atoms with Gasteiger partial charge in [0.25, 0.3) is 0 Å². The molecule has 5 rings (SSSR count). The molecule has 2 bridgehead atoms. The Hall–Kier alpha value is -0.200. The Bertz CT molecular complexity index is 443. The minimum Gasteiger partial charge on any atom is -0.353 e. The fraction of sp³-hybridized carbons (Fsp3) is 1.00. The number of hydrogen-bond acceptors (Lipinski definition) is 5. The molecule has 1 aliphatic carbocycles. The van der Waals surface area contributed by atoms with E-state index in [2.05, 4.69) is 13.8 Å².